The first-order chi connectivity index (χ1) is 9.62. The molecule has 0 heterocycles. The molecule has 1 aliphatic carbocycles. The molecule has 4 nitrogen and oxygen atoms in total. The summed E-state index contributed by atoms with van der Waals surface area (Å²) in [4.78, 5) is 12.5. The zero-order valence-electron chi connectivity index (χ0n) is 13.8. The van der Waals surface area contributed by atoms with Crippen LogP contribution in [0, 0.1) is 17.8 Å². The summed E-state index contributed by atoms with van der Waals surface area (Å²) in [5.74, 6) is 0.651. The lowest BCUT2D eigenvalue weighted by Gasteiger charge is -2.62. The third-order valence-electron chi connectivity index (χ3n) is 5.04. The van der Waals surface area contributed by atoms with Crippen LogP contribution in [0.3, 0.4) is 0 Å². The summed E-state index contributed by atoms with van der Waals surface area (Å²) in [5.41, 5.74) is 7.66. The standard InChI is InChI=1S/C17H26N2O2/c1-10-7-8-11(9-12(10)21-6)13(20)19-15-16(2,3)14(18)17(15,4)5/h7-9,14-15H,18H2,1-6H3,(H,19,20). The molecule has 0 atom stereocenters. The first kappa shape index (κ1) is 15.8. The van der Waals surface area contributed by atoms with Gasteiger partial charge in [0.2, 0.25) is 0 Å². The van der Waals surface area contributed by atoms with E-state index in [1.807, 2.05) is 19.1 Å². The van der Waals surface area contributed by atoms with Crippen LogP contribution < -0.4 is 15.8 Å². The number of benzene rings is 1. The zero-order valence-corrected chi connectivity index (χ0v) is 13.8. The fourth-order valence-electron chi connectivity index (χ4n) is 3.73. The number of amides is 1. The molecule has 1 aromatic rings. The van der Waals surface area contributed by atoms with Gasteiger partial charge in [0.25, 0.3) is 5.91 Å². The van der Waals surface area contributed by atoms with Crippen molar-refractivity contribution in [3.8, 4) is 5.75 Å². The number of hydrogen-bond acceptors (Lipinski definition) is 3. The maximum atomic E-state index is 12.5. The molecule has 21 heavy (non-hydrogen) atoms. The second kappa shape index (κ2) is 5.02. The van der Waals surface area contributed by atoms with Crippen LogP contribution in [0.2, 0.25) is 0 Å². The zero-order chi connectivity index (χ0) is 16.0. The van der Waals surface area contributed by atoms with Gasteiger partial charge >= 0.3 is 0 Å². The second-order valence-corrected chi connectivity index (χ2v) is 7.21. The Labute approximate surface area is 127 Å². The molecule has 0 spiro atoms. The fraction of sp³-hybridized carbons (Fsp3) is 0.588. The summed E-state index contributed by atoms with van der Waals surface area (Å²) in [7, 11) is 1.61. The van der Waals surface area contributed by atoms with Gasteiger partial charge in [-0.2, -0.15) is 0 Å². The minimum atomic E-state index is -0.103. The van der Waals surface area contributed by atoms with E-state index >= 15 is 0 Å². The third kappa shape index (κ3) is 2.42. The molecule has 116 valence electrons. The van der Waals surface area contributed by atoms with Crippen molar-refractivity contribution < 1.29 is 9.53 Å². The molecule has 1 fully saturated rings. The van der Waals surface area contributed by atoms with E-state index in [0.717, 1.165) is 11.3 Å². The van der Waals surface area contributed by atoms with E-state index in [9.17, 15) is 4.79 Å². The van der Waals surface area contributed by atoms with Gasteiger partial charge in [-0.25, -0.2) is 0 Å². The highest BCUT2D eigenvalue weighted by Gasteiger charge is 2.60. The number of rotatable bonds is 3. The molecule has 0 saturated heterocycles. The average Bonchev–Trinajstić information content (AvgIpc) is 2.43. The van der Waals surface area contributed by atoms with Crippen LogP contribution in [0.25, 0.3) is 0 Å². The largest absolute Gasteiger partial charge is 0.496 e. The number of methoxy groups -OCH3 is 1. The van der Waals surface area contributed by atoms with E-state index in [1.54, 1.807) is 13.2 Å². The first-order valence-corrected chi connectivity index (χ1v) is 7.33. The Hall–Kier alpha value is -1.55. The number of carbonyl (C=O) groups excluding carboxylic acids is 1. The van der Waals surface area contributed by atoms with Crippen molar-refractivity contribution >= 4 is 5.91 Å². The van der Waals surface area contributed by atoms with Crippen molar-refractivity contribution in [2.24, 2.45) is 16.6 Å². The van der Waals surface area contributed by atoms with Crippen LogP contribution in [0.4, 0.5) is 0 Å². The molecule has 2 rings (SSSR count). The SMILES string of the molecule is COc1cc(C(=O)NC2C(C)(C)C(N)C2(C)C)ccc1C. The quantitative estimate of drug-likeness (QED) is 0.899. The van der Waals surface area contributed by atoms with Crippen molar-refractivity contribution in [3.05, 3.63) is 29.3 Å². The summed E-state index contributed by atoms with van der Waals surface area (Å²) in [5, 5.41) is 3.14. The molecule has 4 heteroatoms. The van der Waals surface area contributed by atoms with Gasteiger partial charge in [0.05, 0.1) is 7.11 Å². The number of nitrogens with one attached hydrogen (secondary N) is 1. The third-order valence-corrected chi connectivity index (χ3v) is 5.04. The van der Waals surface area contributed by atoms with E-state index in [-0.39, 0.29) is 28.8 Å². The summed E-state index contributed by atoms with van der Waals surface area (Å²) >= 11 is 0. The molecule has 1 amide bonds. The van der Waals surface area contributed by atoms with Crippen LogP contribution in [0.1, 0.15) is 43.6 Å². The second-order valence-electron chi connectivity index (χ2n) is 7.21. The monoisotopic (exact) mass is 290 g/mol. The van der Waals surface area contributed by atoms with Gasteiger partial charge in [-0.05, 0) is 24.6 Å². The Morgan fingerprint density at radius 3 is 2.33 bits per heavy atom. The Kier molecular flexibility index (Phi) is 3.79. The summed E-state index contributed by atoms with van der Waals surface area (Å²) in [6.45, 7) is 10.4. The lowest BCUT2D eigenvalue weighted by atomic mass is 9.48. The summed E-state index contributed by atoms with van der Waals surface area (Å²) in [6.07, 6.45) is 0. The molecule has 1 aliphatic rings. The number of carbonyl (C=O) groups is 1. The Bertz CT molecular complexity index is 548. The maximum Gasteiger partial charge on any atom is 0.251 e. The van der Waals surface area contributed by atoms with Crippen molar-refractivity contribution in [1.82, 2.24) is 5.32 Å². The van der Waals surface area contributed by atoms with E-state index in [1.165, 1.54) is 0 Å². The van der Waals surface area contributed by atoms with Crippen molar-refractivity contribution in [2.45, 2.75) is 46.7 Å². The Morgan fingerprint density at radius 2 is 1.81 bits per heavy atom. The maximum absolute atomic E-state index is 12.5. The van der Waals surface area contributed by atoms with Gasteiger partial charge in [-0.15, -0.1) is 0 Å². The van der Waals surface area contributed by atoms with Crippen molar-refractivity contribution in [1.29, 1.82) is 0 Å². The van der Waals surface area contributed by atoms with Crippen LogP contribution in [-0.4, -0.2) is 25.1 Å². The smallest absolute Gasteiger partial charge is 0.251 e. The van der Waals surface area contributed by atoms with Crippen LogP contribution >= 0.6 is 0 Å². The highest BCUT2D eigenvalue weighted by Crippen LogP contribution is 2.52. The van der Waals surface area contributed by atoms with Crippen molar-refractivity contribution in [2.75, 3.05) is 7.11 Å². The van der Waals surface area contributed by atoms with Crippen LogP contribution in [0.15, 0.2) is 18.2 Å². The topological polar surface area (TPSA) is 64.3 Å². The fourth-order valence-corrected chi connectivity index (χ4v) is 3.73. The molecule has 1 saturated carbocycles. The molecule has 0 bridgehead atoms. The van der Waals surface area contributed by atoms with Crippen LogP contribution in [0.5, 0.6) is 5.75 Å². The van der Waals surface area contributed by atoms with E-state index < -0.39 is 0 Å². The molecular weight excluding hydrogens is 264 g/mol. The Balaban J connectivity index is 2.19. The molecular formula is C17H26N2O2. The molecule has 0 radical (unpaired) electrons. The van der Waals surface area contributed by atoms with Gasteiger partial charge in [-0.3, -0.25) is 4.79 Å². The molecule has 0 aliphatic heterocycles. The summed E-state index contributed by atoms with van der Waals surface area (Å²) in [6, 6.07) is 5.63. The highest BCUT2D eigenvalue weighted by molar-refractivity contribution is 5.95. The Morgan fingerprint density at radius 1 is 1.24 bits per heavy atom. The molecule has 0 aromatic heterocycles. The predicted octanol–water partition coefficient (Wildman–Crippen LogP) is 2.50. The normalized spacial score (nSPS) is 25.9. The molecule has 0 unspecified atom stereocenters. The lowest BCUT2D eigenvalue weighted by molar-refractivity contribution is -0.0663. The number of ether oxygens (including phenoxy) is 1. The highest BCUT2D eigenvalue weighted by atomic mass is 16.5. The van der Waals surface area contributed by atoms with Gasteiger partial charge in [0, 0.05) is 28.5 Å². The number of aryl methyl sites for hydroxylation is 1. The lowest BCUT2D eigenvalue weighted by Crippen LogP contribution is -2.76. The van der Waals surface area contributed by atoms with Crippen LogP contribution in [-0.2, 0) is 0 Å². The minimum absolute atomic E-state index is 0.0554. The molecule has 1 aromatic carbocycles. The minimum Gasteiger partial charge on any atom is -0.496 e. The van der Waals surface area contributed by atoms with Gasteiger partial charge in [0.1, 0.15) is 5.75 Å². The number of nitrogens with two attached hydrogens (primary N) is 1. The van der Waals surface area contributed by atoms with Gasteiger partial charge < -0.3 is 15.8 Å². The van der Waals surface area contributed by atoms with Gasteiger partial charge in [-0.1, -0.05) is 33.8 Å². The van der Waals surface area contributed by atoms with Crippen molar-refractivity contribution in [3.63, 3.8) is 0 Å². The predicted molar refractivity (Wildman–Crippen MR) is 84.5 cm³/mol. The van der Waals surface area contributed by atoms with E-state index in [2.05, 4.69) is 33.0 Å². The number of hydrogen-bond donors (Lipinski definition) is 2. The van der Waals surface area contributed by atoms with E-state index in [0.29, 0.717) is 5.56 Å². The van der Waals surface area contributed by atoms with Gasteiger partial charge in [0.15, 0.2) is 0 Å². The van der Waals surface area contributed by atoms with E-state index in [4.69, 9.17) is 10.5 Å². The first-order valence-electron chi connectivity index (χ1n) is 7.33. The average molecular weight is 290 g/mol. The summed E-state index contributed by atoms with van der Waals surface area (Å²) < 4.78 is 5.28. The molecule has 3 N–H and O–H groups in total.